The van der Waals surface area contributed by atoms with Crippen LogP contribution in [0.5, 0.6) is 17.4 Å². The first-order valence-electron chi connectivity index (χ1n) is 7.85. The molecule has 0 aliphatic heterocycles. The summed E-state index contributed by atoms with van der Waals surface area (Å²) in [7, 11) is 3.10. The number of rotatable bonds is 7. The molecule has 1 aromatic carbocycles. The van der Waals surface area contributed by atoms with Crippen molar-refractivity contribution in [2.24, 2.45) is 0 Å². The van der Waals surface area contributed by atoms with E-state index >= 15 is 0 Å². The molecule has 1 heterocycles. The van der Waals surface area contributed by atoms with E-state index in [0.29, 0.717) is 18.1 Å². The molecule has 136 valence electrons. The van der Waals surface area contributed by atoms with E-state index in [1.54, 1.807) is 39.3 Å². The number of nitrogens with two attached hydrogens (primary N) is 1. The summed E-state index contributed by atoms with van der Waals surface area (Å²) < 4.78 is 15.7. The number of ether oxygens (including phenoxy) is 3. The van der Waals surface area contributed by atoms with Gasteiger partial charge in [0.25, 0.3) is 5.91 Å². The molecule has 0 fully saturated rings. The van der Waals surface area contributed by atoms with Gasteiger partial charge in [-0.2, -0.15) is 5.26 Å². The van der Waals surface area contributed by atoms with Gasteiger partial charge in [-0.05, 0) is 30.7 Å². The summed E-state index contributed by atoms with van der Waals surface area (Å²) >= 11 is 0. The Morgan fingerprint density at radius 2 is 1.88 bits per heavy atom. The van der Waals surface area contributed by atoms with Crippen LogP contribution in [0.2, 0.25) is 0 Å². The second-order valence-electron chi connectivity index (χ2n) is 5.23. The Kier molecular flexibility index (Phi) is 6.22. The molecule has 0 saturated heterocycles. The summed E-state index contributed by atoms with van der Waals surface area (Å²) in [5.74, 6) is 0.841. The molecule has 3 N–H and O–H groups in total. The van der Waals surface area contributed by atoms with Gasteiger partial charge in [0.15, 0.2) is 0 Å². The molecular formula is C18H20N4O4. The minimum atomic E-state index is -0.441. The Labute approximate surface area is 151 Å². The minimum absolute atomic E-state index is 0.0446. The zero-order valence-electron chi connectivity index (χ0n) is 14.8. The van der Waals surface area contributed by atoms with Crippen molar-refractivity contribution >= 4 is 11.6 Å². The predicted octanol–water partition coefficient (Wildman–Crippen LogP) is 1.88. The zero-order valence-corrected chi connectivity index (χ0v) is 14.8. The molecule has 0 spiro atoms. The van der Waals surface area contributed by atoms with Crippen LogP contribution in [0.1, 0.15) is 28.5 Å². The number of anilines is 1. The Hall–Kier alpha value is -3.47. The normalized spacial score (nSPS) is 9.92. The van der Waals surface area contributed by atoms with Crippen molar-refractivity contribution in [1.29, 1.82) is 5.26 Å². The van der Waals surface area contributed by atoms with Crippen LogP contribution in [0.15, 0.2) is 24.3 Å². The van der Waals surface area contributed by atoms with Crippen LogP contribution in [0.25, 0.3) is 0 Å². The van der Waals surface area contributed by atoms with E-state index in [4.69, 9.17) is 25.2 Å². The zero-order chi connectivity index (χ0) is 19.1. The number of carbonyl (C=O) groups excluding carboxylic acids is 1. The number of nitrogen functional groups attached to an aromatic ring is 1. The lowest BCUT2D eigenvalue weighted by atomic mass is 10.2. The first-order valence-corrected chi connectivity index (χ1v) is 7.85. The average molecular weight is 356 g/mol. The Morgan fingerprint density at radius 3 is 2.42 bits per heavy atom. The number of methoxy groups -OCH3 is 2. The topological polar surface area (TPSA) is 119 Å². The third-order valence-electron chi connectivity index (χ3n) is 3.51. The summed E-state index contributed by atoms with van der Waals surface area (Å²) in [5, 5.41) is 11.9. The molecule has 1 amide bonds. The van der Waals surface area contributed by atoms with E-state index in [1.165, 1.54) is 6.07 Å². The molecule has 0 bridgehead atoms. The number of hydrogen-bond acceptors (Lipinski definition) is 7. The number of amides is 1. The maximum atomic E-state index is 12.4. The highest BCUT2D eigenvalue weighted by molar-refractivity contribution is 5.93. The van der Waals surface area contributed by atoms with Crippen molar-refractivity contribution in [3.05, 3.63) is 41.1 Å². The van der Waals surface area contributed by atoms with Gasteiger partial charge in [0.1, 0.15) is 28.8 Å². The summed E-state index contributed by atoms with van der Waals surface area (Å²) in [6, 6.07) is 8.59. The van der Waals surface area contributed by atoms with Gasteiger partial charge in [0.2, 0.25) is 5.88 Å². The molecule has 0 aliphatic rings. The van der Waals surface area contributed by atoms with Crippen LogP contribution in [0.4, 0.5) is 5.69 Å². The SMILES string of the molecule is CCOc1nc(C(=O)NCc2cc(OC)cc(OC)c2)cc(N)c1C#N. The molecular weight excluding hydrogens is 336 g/mol. The van der Waals surface area contributed by atoms with E-state index in [-0.39, 0.29) is 29.4 Å². The van der Waals surface area contributed by atoms with Crippen molar-refractivity contribution < 1.29 is 19.0 Å². The highest BCUT2D eigenvalue weighted by Gasteiger charge is 2.16. The smallest absolute Gasteiger partial charge is 0.270 e. The number of benzene rings is 1. The number of carbonyl (C=O) groups is 1. The first-order chi connectivity index (χ1) is 12.5. The summed E-state index contributed by atoms with van der Waals surface area (Å²) in [5.41, 5.74) is 6.94. The van der Waals surface area contributed by atoms with Gasteiger partial charge in [0, 0.05) is 12.6 Å². The number of aromatic nitrogens is 1. The molecule has 0 saturated carbocycles. The summed E-state index contributed by atoms with van der Waals surface area (Å²) in [6.07, 6.45) is 0. The second kappa shape index (κ2) is 8.58. The van der Waals surface area contributed by atoms with Gasteiger partial charge < -0.3 is 25.3 Å². The Bertz CT molecular complexity index is 824. The molecule has 2 rings (SSSR count). The van der Waals surface area contributed by atoms with Crippen molar-refractivity contribution in [2.45, 2.75) is 13.5 Å². The molecule has 0 radical (unpaired) electrons. The molecule has 8 heteroatoms. The largest absolute Gasteiger partial charge is 0.497 e. The third kappa shape index (κ3) is 4.33. The van der Waals surface area contributed by atoms with E-state index in [9.17, 15) is 4.79 Å². The standard InChI is InChI=1S/C18H20N4O4/c1-4-26-18-14(9-19)15(20)8-16(22-18)17(23)21-10-11-5-12(24-2)7-13(6-11)25-3/h5-8H,4,10H2,1-3H3,(H2,20,22)(H,21,23). The maximum absolute atomic E-state index is 12.4. The average Bonchev–Trinajstić information content (AvgIpc) is 2.65. The third-order valence-corrected chi connectivity index (χ3v) is 3.51. The fourth-order valence-corrected chi connectivity index (χ4v) is 2.25. The number of nitrogens with one attached hydrogen (secondary N) is 1. The van der Waals surface area contributed by atoms with Gasteiger partial charge in [-0.3, -0.25) is 4.79 Å². The minimum Gasteiger partial charge on any atom is -0.497 e. The van der Waals surface area contributed by atoms with Crippen molar-refractivity contribution in [3.63, 3.8) is 0 Å². The molecule has 2 aromatic rings. The number of hydrogen-bond donors (Lipinski definition) is 2. The Morgan fingerprint density at radius 1 is 1.23 bits per heavy atom. The number of nitriles is 1. The van der Waals surface area contributed by atoms with Crippen molar-refractivity contribution in [3.8, 4) is 23.4 Å². The fraction of sp³-hybridized carbons (Fsp3) is 0.278. The van der Waals surface area contributed by atoms with Crippen LogP contribution < -0.4 is 25.3 Å². The van der Waals surface area contributed by atoms with Gasteiger partial charge in [-0.15, -0.1) is 0 Å². The molecule has 0 aliphatic carbocycles. The highest BCUT2D eigenvalue weighted by atomic mass is 16.5. The lowest BCUT2D eigenvalue weighted by Crippen LogP contribution is -2.24. The lowest BCUT2D eigenvalue weighted by Gasteiger charge is -2.11. The van der Waals surface area contributed by atoms with E-state index < -0.39 is 5.91 Å². The molecule has 0 atom stereocenters. The van der Waals surface area contributed by atoms with Crippen LogP contribution in [0, 0.1) is 11.3 Å². The molecule has 8 nitrogen and oxygen atoms in total. The van der Waals surface area contributed by atoms with Crippen LogP contribution >= 0.6 is 0 Å². The van der Waals surface area contributed by atoms with Crippen LogP contribution in [-0.4, -0.2) is 31.7 Å². The monoisotopic (exact) mass is 356 g/mol. The predicted molar refractivity (Wildman–Crippen MR) is 95.2 cm³/mol. The quantitative estimate of drug-likeness (QED) is 0.777. The van der Waals surface area contributed by atoms with Crippen molar-refractivity contribution in [1.82, 2.24) is 10.3 Å². The first kappa shape index (κ1) is 18.9. The molecule has 1 aromatic heterocycles. The highest BCUT2D eigenvalue weighted by Crippen LogP contribution is 2.24. The number of nitrogens with zero attached hydrogens (tertiary/aromatic N) is 2. The lowest BCUT2D eigenvalue weighted by molar-refractivity contribution is 0.0944. The van der Waals surface area contributed by atoms with Gasteiger partial charge in [-0.25, -0.2) is 4.98 Å². The van der Waals surface area contributed by atoms with Gasteiger partial charge >= 0.3 is 0 Å². The summed E-state index contributed by atoms with van der Waals surface area (Å²) in [6.45, 7) is 2.29. The number of pyridine rings is 1. The van der Waals surface area contributed by atoms with Crippen LogP contribution in [0.3, 0.4) is 0 Å². The van der Waals surface area contributed by atoms with Gasteiger partial charge in [0.05, 0.1) is 26.5 Å². The Balaban J connectivity index is 2.19. The maximum Gasteiger partial charge on any atom is 0.270 e. The van der Waals surface area contributed by atoms with E-state index in [2.05, 4.69) is 10.3 Å². The van der Waals surface area contributed by atoms with Gasteiger partial charge in [-0.1, -0.05) is 0 Å². The van der Waals surface area contributed by atoms with Crippen molar-refractivity contribution in [2.75, 3.05) is 26.6 Å². The molecule has 0 unspecified atom stereocenters. The second-order valence-corrected chi connectivity index (χ2v) is 5.23. The van der Waals surface area contributed by atoms with E-state index in [1.807, 2.05) is 6.07 Å². The van der Waals surface area contributed by atoms with E-state index in [0.717, 1.165) is 5.56 Å². The summed E-state index contributed by atoms with van der Waals surface area (Å²) in [4.78, 5) is 16.5. The molecule has 26 heavy (non-hydrogen) atoms. The fourth-order valence-electron chi connectivity index (χ4n) is 2.25. The van der Waals surface area contributed by atoms with Crippen LogP contribution in [-0.2, 0) is 6.54 Å².